The highest BCUT2D eigenvalue weighted by molar-refractivity contribution is 5.86. The predicted molar refractivity (Wildman–Crippen MR) is 58.0 cm³/mol. The molecular weight excluding hydrogens is 215 g/mol. The van der Waals surface area contributed by atoms with Crippen molar-refractivity contribution < 1.29 is 24.9 Å². The highest BCUT2D eigenvalue weighted by Crippen LogP contribution is 2.10. The zero-order chi connectivity index (χ0) is 12.6. The molecule has 0 aliphatic rings. The molecule has 0 unspecified atom stereocenters. The lowest BCUT2D eigenvalue weighted by Gasteiger charge is -2.06. The minimum atomic E-state index is -1.08. The third-order valence-electron chi connectivity index (χ3n) is 1.91. The summed E-state index contributed by atoms with van der Waals surface area (Å²) in [5, 5.41) is 0. The van der Waals surface area contributed by atoms with Gasteiger partial charge in [0.2, 0.25) is 5.83 Å². The second kappa shape index (κ2) is 7.62. The Morgan fingerprint density at radius 2 is 2.19 bits per heavy atom. The lowest BCUT2D eigenvalue weighted by atomic mass is 10.1. The molecule has 0 aliphatic heterocycles. The van der Waals surface area contributed by atoms with Crippen LogP contribution in [0.4, 0.5) is 4.39 Å². The number of halogens is 1. The molecule has 0 aromatic rings. The molecule has 0 rings (SSSR count). The van der Waals surface area contributed by atoms with Gasteiger partial charge >= 0.3 is 11.9 Å². The molecule has 1 atom stereocenters. The van der Waals surface area contributed by atoms with E-state index in [-0.39, 0.29) is 19.7 Å². The topological polar surface area (TPSA) is 52.6 Å². The smallest absolute Gasteiger partial charge is 0.371 e. The van der Waals surface area contributed by atoms with E-state index in [1.165, 1.54) is 7.11 Å². The molecule has 0 heterocycles. The molecule has 0 amide bonds. The van der Waals surface area contributed by atoms with Crippen LogP contribution in [0.3, 0.4) is 0 Å². The van der Waals surface area contributed by atoms with Crippen LogP contribution < -0.4 is 0 Å². The molecule has 0 radical (unpaired) electrons. The van der Waals surface area contributed by atoms with Crippen molar-refractivity contribution in [3.05, 3.63) is 24.7 Å². The molecule has 5 heteroatoms. The van der Waals surface area contributed by atoms with Gasteiger partial charge in [-0.25, -0.2) is 4.79 Å². The Morgan fingerprint density at radius 3 is 2.69 bits per heavy atom. The maximum Gasteiger partial charge on any atom is 0.371 e. The Hall–Kier alpha value is -1.65. The van der Waals surface area contributed by atoms with E-state index >= 15 is 0 Å². The standard InChI is InChI=1S/C11H15FO4.H2/c1-4-16-11(14)9(12)7-5-6-8(2)10(13)15-3;/h4,7-8H,1,5-6H2,2-3H3;1H/b9-7-;/t8-;/m0./s1. The van der Waals surface area contributed by atoms with E-state index in [2.05, 4.69) is 16.1 Å². The summed E-state index contributed by atoms with van der Waals surface area (Å²) in [6.07, 6.45) is 2.59. The Kier molecular flexibility index (Phi) is 6.83. The van der Waals surface area contributed by atoms with E-state index < -0.39 is 11.8 Å². The normalized spacial score (nSPS) is 12.8. The first-order valence-electron chi connectivity index (χ1n) is 4.78. The summed E-state index contributed by atoms with van der Waals surface area (Å²) >= 11 is 0. The number of carbonyl (C=O) groups is 2. The zero-order valence-corrected chi connectivity index (χ0v) is 9.36. The average Bonchev–Trinajstić information content (AvgIpc) is 2.27. The Labute approximate surface area is 95.2 Å². The molecule has 0 N–H and O–H groups in total. The minimum Gasteiger partial charge on any atom is -0.469 e. The third kappa shape index (κ3) is 5.29. The molecule has 92 valence electrons. The van der Waals surface area contributed by atoms with E-state index in [1.807, 2.05) is 0 Å². The van der Waals surface area contributed by atoms with Crippen molar-refractivity contribution in [3.8, 4) is 0 Å². The number of hydrogen-bond acceptors (Lipinski definition) is 4. The maximum absolute atomic E-state index is 12.9. The van der Waals surface area contributed by atoms with Crippen molar-refractivity contribution >= 4 is 11.9 Å². The van der Waals surface area contributed by atoms with Crippen LogP contribution in [-0.4, -0.2) is 19.0 Å². The number of rotatable bonds is 6. The summed E-state index contributed by atoms with van der Waals surface area (Å²) in [4.78, 5) is 21.8. The first-order chi connectivity index (χ1) is 7.52. The minimum absolute atomic E-state index is 0. The summed E-state index contributed by atoms with van der Waals surface area (Å²) in [6.45, 7) is 4.79. The molecule has 0 spiro atoms. The largest absolute Gasteiger partial charge is 0.469 e. The van der Waals surface area contributed by atoms with Gasteiger partial charge < -0.3 is 9.47 Å². The maximum atomic E-state index is 12.9. The Morgan fingerprint density at radius 1 is 1.56 bits per heavy atom. The molecular formula is C11H17FO4. The first kappa shape index (κ1) is 14.3. The van der Waals surface area contributed by atoms with Crippen LogP contribution in [-0.2, 0) is 19.1 Å². The van der Waals surface area contributed by atoms with Crippen LogP contribution in [0.1, 0.15) is 21.2 Å². The second-order valence-corrected chi connectivity index (χ2v) is 3.13. The van der Waals surface area contributed by atoms with E-state index in [9.17, 15) is 14.0 Å². The van der Waals surface area contributed by atoms with Crippen LogP contribution in [0, 0.1) is 5.92 Å². The van der Waals surface area contributed by atoms with Crippen LogP contribution in [0.2, 0.25) is 0 Å². The van der Waals surface area contributed by atoms with Crippen molar-refractivity contribution in [2.75, 3.05) is 7.11 Å². The summed E-state index contributed by atoms with van der Waals surface area (Å²) in [6, 6.07) is 0. The number of esters is 2. The molecule has 16 heavy (non-hydrogen) atoms. The van der Waals surface area contributed by atoms with Gasteiger partial charge in [0.05, 0.1) is 19.3 Å². The van der Waals surface area contributed by atoms with Crippen LogP contribution in [0.25, 0.3) is 0 Å². The van der Waals surface area contributed by atoms with Crippen LogP contribution >= 0.6 is 0 Å². The average molecular weight is 232 g/mol. The highest BCUT2D eigenvalue weighted by atomic mass is 19.1. The monoisotopic (exact) mass is 232 g/mol. The number of ether oxygens (including phenoxy) is 2. The Bertz CT molecular complexity index is 302. The van der Waals surface area contributed by atoms with Gasteiger partial charge in [0.15, 0.2) is 0 Å². The fraction of sp³-hybridized carbons (Fsp3) is 0.455. The van der Waals surface area contributed by atoms with Gasteiger partial charge in [0.25, 0.3) is 0 Å². The molecule has 0 saturated carbocycles. The molecule has 0 fully saturated rings. The first-order valence-corrected chi connectivity index (χ1v) is 4.78. The molecule has 4 nitrogen and oxygen atoms in total. The van der Waals surface area contributed by atoms with Gasteiger partial charge in [-0.2, -0.15) is 4.39 Å². The molecule has 0 aromatic carbocycles. The molecule has 0 aromatic heterocycles. The zero-order valence-electron chi connectivity index (χ0n) is 9.36. The highest BCUT2D eigenvalue weighted by Gasteiger charge is 2.13. The summed E-state index contributed by atoms with van der Waals surface area (Å²) in [5.41, 5.74) is 0. The van der Waals surface area contributed by atoms with Gasteiger partial charge in [-0.3, -0.25) is 4.79 Å². The fourth-order valence-corrected chi connectivity index (χ4v) is 0.994. The van der Waals surface area contributed by atoms with Crippen molar-refractivity contribution in [1.29, 1.82) is 0 Å². The van der Waals surface area contributed by atoms with E-state index in [0.29, 0.717) is 6.42 Å². The Balaban J connectivity index is 0. The van der Waals surface area contributed by atoms with Gasteiger partial charge in [-0.05, 0) is 18.9 Å². The van der Waals surface area contributed by atoms with E-state index in [0.717, 1.165) is 12.3 Å². The van der Waals surface area contributed by atoms with Gasteiger partial charge in [-0.15, -0.1) is 0 Å². The van der Waals surface area contributed by atoms with Crippen LogP contribution in [0.5, 0.6) is 0 Å². The van der Waals surface area contributed by atoms with E-state index in [4.69, 9.17) is 0 Å². The van der Waals surface area contributed by atoms with Crippen molar-refractivity contribution in [3.63, 3.8) is 0 Å². The van der Waals surface area contributed by atoms with Gasteiger partial charge in [-0.1, -0.05) is 13.5 Å². The van der Waals surface area contributed by atoms with E-state index in [1.54, 1.807) is 6.92 Å². The van der Waals surface area contributed by atoms with Crippen molar-refractivity contribution in [2.45, 2.75) is 19.8 Å². The predicted octanol–water partition coefficient (Wildman–Crippen LogP) is 2.36. The van der Waals surface area contributed by atoms with Crippen molar-refractivity contribution in [2.24, 2.45) is 5.92 Å². The summed E-state index contributed by atoms with van der Waals surface area (Å²) < 4.78 is 21.7. The lowest BCUT2D eigenvalue weighted by Crippen LogP contribution is -2.12. The van der Waals surface area contributed by atoms with Crippen molar-refractivity contribution in [1.82, 2.24) is 0 Å². The lowest BCUT2D eigenvalue weighted by molar-refractivity contribution is -0.145. The quantitative estimate of drug-likeness (QED) is 0.401. The van der Waals surface area contributed by atoms with Gasteiger partial charge in [0.1, 0.15) is 0 Å². The molecule has 0 saturated heterocycles. The third-order valence-corrected chi connectivity index (χ3v) is 1.91. The number of allylic oxidation sites excluding steroid dienone is 1. The van der Waals surface area contributed by atoms with Crippen LogP contribution in [0.15, 0.2) is 24.7 Å². The van der Waals surface area contributed by atoms with Gasteiger partial charge in [0, 0.05) is 1.43 Å². The fourth-order valence-electron chi connectivity index (χ4n) is 0.994. The summed E-state index contributed by atoms with van der Waals surface area (Å²) in [7, 11) is 1.29. The molecule has 0 aliphatic carbocycles. The molecule has 0 bridgehead atoms. The number of carbonyl (C=O) groups excluding carboxylic acids is 2. The second-order valence-electron chi connectivity index (χ2n) is 3.13. The number of methoxy groups -OCH3 is 1. The number of hydrogen-bond donors (Lipinski definition) is 0. The summed E-state index contributed by atoms with van der Waals surface area (Å²) in [5.74, 6) is -2.76. The SMILES string of the molecule is C=COC(=O)/C(F)=C/CC[C@H](C)C(=O)OC.[HH].